The van der Waals surface area contributed by atoms with Gasteiger partial charge in [0.25, 0.3) is 0 Å². The first-order valence-electron chi connectivity index (χ1n) is 5.75. The minimum absolute atomic E-state index is 0.0150. The van der Waals surface area contributed by atoms with Crippen molar-refractivity contribution in [3.63, 3.8) is 0 Å². The lowest BCUT2D eigenvalue weighted by molar-refractivity contribution is 0.594. The molecule has 0 atom stereocenters. The standard InChI is InChI=1S/C12H15N3O/c16-12-14-10-3-1-2-4-11(10)15(12)8-7-13-9-5-6-9/h1-4,9,13H,5-8H2,(H,14,16). The zero-order chi connectivity index (χ0) is 11.0. The summed E-state index contributed by atoms with van der Waals surface area (Å²) in [5.74, 6) is 0. The third-order valence-electron chi connectivity index (χ3n) is 3.03. The molecule has 16 heavy (non-hydrogen) atoms. The van der Waals surface area contributed by atoms with Crippen molar-refractivity contribution in [2.24, 2.45) is 0 Å². The highest BCUT2D eigenvalue weighted by Gasteiger charge is 2.19. The summed E-state index contributed by atoms with van der Waals surface area (Å²) in [5.41, 5.74) is 1.89. The number of hydrogen-bond donors (Lipinski definition) is 2. The van der Waals surface area contributed by atoms with Crippen molar-refractivity contribution < 1.29 is 0 Å². The molecule has 0 unspecified atom stereocenters. The second kappa shape index (κ2) is 3.79. The van der Waals surface area contributed by atoms with Gasteiger partial charge in [-0.2, -0.15) is 0 Å². The van der Waals surface area contributed by atoms with Crippen LogP contribution in [-0.4, -0.2) is 22.1 Å². The van der Waals surface area contributed by atoms with Crippen LogP contribution in [0.4, 0.5) is 0 Å². The maximum absolute atomic E-state index is 11.7. The van der Waals surface area contributed by atoms with Crippen LogP contribution in [0.15, 0.2) is 29.1 Å². The molecule has 0 amide bonds. The van der Waals surface area contributed by atoms with Crippen molar-refractivity contribution in [3.05, 3.63) is 34.7 Å². The largest absolute Gasteiger partial charge is 0.326 e. The Labute approximate surface area is 93.3 Å². The molecule has 2 N–H and O–H groups in total. The summed E-state index contributed by atoms with van der Waals surface area (Å²) >= 11 is 0. The second-order valence-electron chi connectivity index (χ2n) is 4.33. The molecule has 2 aromatic rings. The van der Waals surface area contributed by atoms with Crippen LogP contribution < -0.4 is 11.0 Å². The highest BCUT2D eigenvalue weighted by molar-refractivity contribution is 5.74. The molecule has 1 aliphatic rings. The highest BCUT2D eigenvalue weighted by atomic mass is 16.1. The quantitative estimate of drug-likeness (QED) is 0.805. The molecule has 4 heteroatoms. The van der Waals surface area contributed by atoms with Gasteiger partial charge in [0.2, 0.25) is 0 Å². The van der Waals surface area contributed by atoms with E-state index in [9.17, 15) is 4.79 Å². The fraction of sp³-hybridized carbons (Fsp3) is 0.417. The first-order valence-corrected chi connectivity index (χ1v) is 5.75. The predicted molar refractivity (Wildman–Crippen MR) is 63.6 cm³/mol. The van der Waals surface area contributed by atoms with Gasteiger partial charge in [0.15, 0.2) is 0 Å². The van der Waals surface area contributed by atoms with E-state index in [4.69, 9.17) is 0 Å². The van der Waals surface area contributed by atoms with Gasteiger partial charge in [0, 0.05) is 19.1 Å². The van der Waals surface area contributed by atoms with E-state index in [2.05, 4.69) is 10.3 Å². The third kappa shape index (κ3) is 1.76. The Bertz CT molecular complexity index is 551. The predicted octanol–water partition coefficient (Wildman–Crippen LogP) is 1.08. The van der Waals surface area contributed by atoms with Gasteiger partial charge in [-0.1, -0.05) is 12.1 Å². The SMILES string of the molecule is O=c1[nH]c2ccccc2n1CCNC1CC1. The Morgan fingerprint density at radius 1 is 1.38 bits per heavy atom. The van der Waals surface area contributed by atoms with E-state index in [0.717, 1.165) is 24.1 Å². The molecule has 0 radical (unpaired) electrons. The Morgan fingerprint density at radius 3 is 3.00 bits per heavy atom. The fourth-order valence-electron chi connectivity index (χ4n) is 2.00. The molecule has 1 saturated carbocycles. The first kappa shape index (κ1) is 9.66. The Morgan fingerprint density at radius 2 is 2.19 bits per heavy atom. The topological polar surface area (TPSA) is 49.8 Å². The van der Waals surface area contributed by atoms with E-state index >= 15 is 0 Å². The van der Waals surface area contributed by atoms with E-state index < -0.39 is 0 Å². The molecule has 0 aliphatic heterocycles. The maximum Gasteiger partial charge on any atom is 0.326 e. The number of rotatable bonds is 4. The zero-order valence-electron chi connectivity index (χ0n) is 9.07. The lowest BCUT2D eigenvalue weighted by Crippen LogP contribution is -2.26. The molecule has 84 valence electrons. The normalized spacial score (nSPS) is 15.8. The molecule has 4 nitrogen and oxygen atoms in total. The smallest absolute Gasteiger partial charge is 0.312 e. The zero-order valence-corrected chi connectivity index (χ0v) is 9.07. The van der Waals surface area contributed by atoms with E-state index in [0.29, 0.717) is 6.04 Å². The summed E-state index contributed by atoms with van der Waals surface area (Å²) in [7, 11) is 0. The van der Waals surface area contributed by atoms with Gasteiger partial charge in [-0.25, -0.2) is 4.79 Å². The summed E-state index contributed by atoms with van der Waals surface area (Å²) in [6, 6.07) is 8.50. The van der Waals surface area contributed by atoms with Crippen molar-refractivity contribution in [3.8, 4) is 0 Å². The van der Waals surface area contributed by atoms with Gasteiger partial charge in [-0.3, -0.25) is 4.57 Å². The number of aromatic amines is 1. The number of hydrogen-bond acceptors (Lipinski definition) is 2. The molecule has 1 fully saturated rings. The monoisotopic (exact) mass is 217 g/mol. The van der Waals surface area contributed by atoms with Gasteiger partial charge in [0.05, 0.1) is 11.0 Å². The second-order valence-corrected chi connectivity index (χ2v) is 4.33. The molecule has 1 aromatic heterocycles. The number of nitrogens with one attached hydrogen (secondary N) is 2. The Balaban J connectivity index is 1.83. The molecule has 1 aromatic carbocycles. The van der Waals surface area contributed by atoms with E-state index in [1.54, 1.807) is 4.57 Å². The van der Waals surface area contributed by atoms with Gasteiger partial charge in [0.1, 0.15) is 0 Å². The lowest BCUT2D eigenvalue weighted by atomic mass is 10.3. The minimum Gasteiger partial charge on any atom is -0.312 e. The molecule has 0 spiro atoms. The minimum atomic E-state index is -0.0150. The van der Waals surface area contributed by atoms with Crippen molar-refractivity contribution in [2.75, 3.05) is 6.54 Å². The van der Waals surface area contributed by atoms with Gasteiger partial charge in [-0.15, -0.1) is 0 Å². The Kier molecular flexibility index (Phi) is 2.29. The molecular formula is C12H15N3O. The van der Waals surface area contributed by atoms with Gasteiger partial charge < -0.3 is 10.3 Å². The van der Waals surface area contributed by atoms with Crippen LogP contribution in [0.2, 0.25) is 0 Å². The van der Waals surface area contributed by atoms with Crippen LogP contribution in [-0.2, 0) is 6.54 Å². The number of para-hydroxylation sites is 2. The van der Waals surface area contributed by atoms with Crippen LogP contribution in [0.1, 0.15) is 12.8 Å². The highest BCUT2D eigenvalue weighted by Crippen LogP contribution is 2.18. The van der Waals surface area contributed by atoms with E-state index in [-0.39, 0.29) is 5.69 Å². The van der Waals surface area contributed by atoms with Gasteiger partial charge in [-0.05, 0) is 25.0 Å². The molecule has 0 bridgehead atoms. The van der Waals surface area contributed by atoms with Crippen molar-refractivity contribution in [1.29, 1.82) is 0 Å². The molecular weight excluding hydrogens is 202 g/mol. The number of imidazole rings is 1. The summed E-state index contributed by atoms with van der Waals surface area (Å²) in [4.78, 5) is 14.6. The van der Waals surface area contributed by atoms with Crippen LogP contribution in [0, 0.1) is 0 Å². The van der Waals surface area contributed by atoms with Crippen molar-refractivity contribution >= 4 is 11.0 Å². The summed E-state index contributed by atoms with van der Waals surface area (Å²) in [6.45, 7) is 1.60. The lowest BCUT2D eigenvalue weighted by Gasteiger charge is -2.04. The summed E-state index contributed by atoms with van der Waals surface area (Å²) in [5, 5.41) is 3.41. The fourth-order valence-corrected chi connectivity index (χ4v) is 2.00. The summed E-state index contributed by atoms with van der Waals surface area (Å²) < 4.78 is 1.80. The number of nitrogens with zero attached hydrogens (tertiary/aromatic N) is 1. The number of H-pyrrole nitrogens is 1. The van der Waals surface area contributed by atoms with Crippen LogP contribution >= 0.6 is 0 Å². The third-order valence-corrected chi connectivity index (χ3v) is 3.03. The average molecular weight is 217 g/mol. The van der Waals surface area contributed by atoms with Crippen LogP contribution in [0.3, 0.4) is 0 Å². The van der Waals surface area contributed by atoms with Gasteiger partial charge >= 0.3 is 5.69 Å². The molecule has 0 saturated heterocycles. The van der Waals surface area contributed by atoms with Crippen molar-refractivity contribution in [2.45, 2.75) is 25.4 Å². The molecule has 3 rings (SSSR count). The maximum atomic E-state index is 11.7. The average Bonchev–Trinajstić information content (AvgIpc) is 3.04. The van der Waals surface area contributed by atoms with E-state index in [1.165, 1.54) is 12.8 Å². The number of aromatic nitrogens is 2. The number of fused-ring (bicyclic) bond motifs is 1. The van der Waals surface area contributed by atoms with E-state index in [1.807, 2.05) is 24.3 Å². The van der Waals surface area contributed by atoms with Crippen molar-refractivity contribution in [1.82, 2.24) is 14.9 Å². The molecule has 1 heterocycles. The summed E-state index contributed by atoms with van der Waals surface area (Å²) in [6.07, 6.45) is 2.56. The first-order chi connectivity index (χ1) is 7.84. The van der Waals surface area contributed by atoms with Crippen LogP contribution in [0.25, 0.3) is 11.0 Å². The van der Waals surface area contributed by atoms with Crippen LogP contribution in [0.5, 0.6) is 0 Å². The number of benzene rings is 1. The molecule has 1 aliphatic carbocycles. The Hall–Kier alpha value is -1.55.